The highest BCUT2D eigenvalue weighted by Gasteiger charge is 2.30. The van der Waals surface area contributed by atoms with Crippen LogP contribution in [0.4, 0.5) is 17.3 Å². The lowest BCUT2D eigenvalue weighted by Crippen LogP contribution is -2.27. The second kappa shape index (κ2) is 5.40. The Balaban J connectivity index is 1.71. The summed E-state index contributed by atoms with van der Waals surface area (Å²) < 4.78 is 0. The van der Waals surface area contributed by atoms with Crippen molar-refractivity contribution in [3.05, 3.63) is 42.2 Å². The molecule has 0 aliphatic carbocycles. The zero-order chi connectivity index (χ0) is 14.8. The van der Waals surface area contributed by atoms with Gasteiger partial charge in [-0.05, 0) is 19.1 Å². The Labute approximate surface area is 123 Å². The number of rotatable bonds is 3. The van der Waals surface area contributed by atoms with Crippen molar-refractivity contribution in [1.29, 1.82) is 0 Å². The predicted molar refractivity (Wildman–Crippen MR) is 82.0 cm³/mol. The highest BCUT2D eigenvalue weighted by Crippen LogP contribution is 2.23. The zero-order valence-electron chi connectivity index (χ0n) is 11.8. The highest BCUT2D eigenvalue weighted by molar-refractivity contribution is 5.96. The number of nitrogens with zero attached hydrogens (tertiary/aromatic N) is 3. The number of anilines is 3. The fourth-order valence-corrected chi connectivity index (χ4v) is 2.44. The van der Waals surface area contributed by atoms with Crippen LogP contribution in [0.15, 0.2) is 36.7 Å². The Morgan fingerprint density at radius 3 is 2.76 bits per heavy atom. The van der Waals surface area contributed by atoms with E-state index in [1.165, 1.54) is 11.9 Å². The molecule has 1 aromatic heterocycles. The summed E-state index contributed by atoms with van der Waals surface area (Å²) in [7, 11) is 0. The molecule has 1 saturated heterocycles. The molecule has 1 aromatic carbocycles. The summed E-state index contributed by atoms with van der Waals surface area (Å²) in [5, 5.41) is 3.23. The Morgan fingerprint density at radius 2 is 2.05 bits per heavy atom. The van der Waals surface area contributed by atoms with Gasteiger partial charge in [-0.2, -0.15) is 0 Å². The molecule has 0 radical (unpaired) electrons. The van der Waals surface area contributed by atoms with E-state index in [0.717, 1.165) is 5.69 Å². The molecule has 1 fully saturated rings. The minimum absolute atomic E-state index is 0.0214. The van der Waals surface area contributed by atoms with Crippen molar-refractivity contribution < 1.29 is 4.79 Å². The Hall–Kier alpha value is -2.63. The van der Waals surface area contributed by atoms with Gasteiger partial charge in [0.1, 0.15) is 18.0 Å². The van der Waals surface area contributed by atoms with Crippen molar-refractivity contribution in [2.75, 3.05) is 22.5 Å². The van der Waals surface area contributed by atoms with Gasteiger partial charge in [0.25, 0.3) is 0 Å². The van der Waals surface area contributed by atoms with Crippen LogP contribution in [-0.4, -0.2) is 28.5 Å². The number of hydrogen-bond acceptors (Lipinski definition) is 5. The molecule has 2 aromatic rings. The Morgan fingerprint density at radius 1 is 1.29 bits per heavy atom. The molecule has 1 aliphatic rings. The van der Waals surface area contributed by atoms with Crippen LogP contribution in [0, 0.1) is 6.92 Å². The molecule has 1 unspecified atom stereocenters. The van der Waals surface area contributed by atoms with E-state index in [-0.39, 0.29) is 11.9 Å². The molecular weight excluding hydrogens is 266 g/mol. The average molecular weight is 283 g/mol. The van der Waals surface area contributed by atoms with Gasteiger partial charge < -0.3 is 16.0 Å². The van der Waals surface area contributed by atoms with Crippen LogP contribution in [0.25, 0.3) is 0 Å². The van der Waals surface area contributed by atoms with Crippen molar-refractivity contribution in [3.63, 3.8) is 0 Å². The van der Waals surface area contributed by atoms with Crippen LogP contribution in [0.1, 0.15) is 12.0 Å². The van der Waals surface area contributed by atoms with E-state index in [4.69, 9.17) is 5.73 Å². The summed E-state index contributed by atoms with van der Waals surface area (Å²) in [6, 6.07) is 9.64. The number of nitrogen functional groups attached to an aromatic ring is 1. The quantitative estimate of drug-likeness (QED) is 0.893. The van der Waals surface area contributed by atoms with Crippen LogP contribution in [-0.2, 0) is 4.79 Å². The van der Waals surface area contributed by atoms with Crippen LogP contribution in [0.5, 0.6) is 0 Å². The smallest absolute Gasteiger partial charge is 0.229 e. The van der Waals surface area contributed by atoms with Crippen LogP contribution in [0.3, 0.4) is 0 Å². The third-order valence-corrected chi connectivity index (χ3v) is 3.51. The van der Waals surface area contributed by atoms with E-state index >= 15 is 0 Å². The topological polar surface area (TPSA) is 84.1 Å². The normalized spacial score (nSPS) is 18.0. The Kier molecular flexibility index (Phi) is 3.43. The number of hydrogen-bond donors (Lipinski definition) is 2. The molecule has 0 saturated carbocycles. The third-order valence-electron chi connectivity index (χ3n) is 3.51. The number of nitrogens with one attached hydrogen (secondary N) is 1. The maximum Gasteiger partial charge on any atom is 0.229 e. The first kappa shape index (κ1) is 13.4. The number of aromatic nitrogens is 2. The third kappa shape index (κ3) is 2.94. The van der Waals surface area contributed by atoms with Crippen molar-refractivity contribution in [2.24, 2.45) is 0 Å². The second-order valence-corrected chi connectivity index (χ2v) is 5.21. The molecule has 0 spiro atoms. The summed E-state index contributed by atoms with van der Waals surface area (Å²) in [6.07, 6.45) is 1.85. The first-order chi connectivity index (χ1) is 10.1. The second-order valence-electron chi connectivity index (χ2n) is 5.21. The summed E-state index contributed by atoms with van der Waals surface area (Å²) >= 11 is 0. The number of benzene rings is 1. The monoisotopic (exact) mass is 283 g/mol. The molecule has 1 aliphatic heterocycles. The predicted octanol–water partition coefficient (Wildman–Crippen LogP) is 1.58. The van der Waals surface area contributed by atoms with E-state index in [1.807, 2.05) is 31.2 Å². The summed E-state index contributed by atoms with van der Waals surface area (Å²) in [5.41, 5.74) is 7.73. The summed E-state index contributed by atoms with van der Waals surface area (Å²) in [4.78, 5) is 21.9. The zero-order valence-corrected chi connectivity index (χ0v) is 11.8. The highest BCUT2D eigenvalue weighted by atomic mass is 16.2. The first-order valence-corrected chi connectivity index (χ1v) is 6.83. The van der Waals surface area contributed by atoms with E-state index in [1.54, 1.807) is 11.0 Å². The number of carbonyl (C=O) groups is 1. The van der Waals surface area contributed by atoms with Gasteiger partial charge in [-0.1, -0.05) is 17.7 Å². The lowest BCUT2D eigenvalue weighted by atomic mass is 10.2. The minimum Gasteiger partial charge on any atom is -0.384 e. The van der Waals surface area contributed by atoms with Gasteiger partial charge in [0.2, 0.25) is 5.91 Å². The van der Waals surface area contributed by atoms with E-state index in [9.17, 15) is 4.79 Å². The molecule has 3 rings (SSSR count). The average Bonchev–Trinajstić information content (AvgIpc) is 2.80. The molecule has 2 heterocycles. The van der Waals surface area contributed by atoms with Gasteiger partial charge in [-0.3, -0.25) is 4.79 Å². The molecular formula is C15H17N5O. The van der Waals surface area contributed by atoms with Gasteiger partial charge >= 0.3 is 0 Å². The summed E-state index contributed by atoms with van der Waals surface area (Å²) in [5.74, 6) is 1.16. The van der Waals surface area contributed by atoms with Crippen molar-refractivity contribution in [3.8, 4) is 0 Å². The lowest BCUT2D eigenvalue weighted by Gasteiger charge is -2.17. The largest absolute Gasteiger partial charge is 0.384 e. The molecule has 0 bridgehead atoms. The van der Waals surface area contributed by atoms with Crippen molar-refractivity contribution in [1.82, 2.24) is 9.97 Å². The molecule has 6 nitrogen and oxygen atoms in total. The molecule has 6 heteroatoms. The van der Waals surface area contributed by atoms with Crippen LogP contribution < -0.4 is 16.0 Å². The summed E-state index contributed by atoms with van der Waals surface area (Å²) in [6.45, 7) is 2.64. The van der Waals surface area contributed by atoms with Gasteiger partial charge in [0.15, 0.2) is 0 Å². The van der Waals surface area contributed by atoms with Crippen molar-refractivity contribution in [2.45, 2.75) is 19.4 Å². The van der Waals surface area contributed by atoms with Crippen LogP contribution >= 0.6 is 0 Å². The Bertz CT molecular complexity index is 655. The molecule has 21 heavy (non-hydrogen) atoms. The van der Waals surface area contributed by atoms with Gasteiger partial charge in [0.05, 0.1) is 6.04 Å². The number of carbonyl (C=O) groups excluding carboxylic acids is 1. The van der Waals surface area contributed by atoms with Gasteiger partial charge in [-0.25, -0.2) is 9.97 Å². The van der Waals surface area contributed by atoms with Crippen LogP contribution in [0.2, 0.25) is 0 Å². The maximum absolute atomic E-state index is 12.2. The van der Waals surface area contributed by atoms with Crippen molar-refractivity contribution >= 4 is 23.2 Å². The fraction of sp³-hybridized carbons (Fsp3) is 0.267. The minimum atomic E-state index is 0.0214. The maximum atomic E-state index is 12.2. The van der Waals surface area contributed by atoms with Gasteiger partial charge in [0, 0.05) is 24.7 Å². The van der Waals surface area contributed by atoms with E-state index < -0.39 is 0 Å². The first-order valence-electron chi connectivity index (χ1n) is 6.83. The fourth-order valence-electron chi connectivity index (χ4n) is 2.44. The van der Waals surface area contributed by atoms with E-state index in [2.05, 4.69) is 15.3 Å². The lowest BCUT2D eigenvalue weighted by molar-refractivity contribution is -0.117. The SMILES string of the molecule is Cc1ccc(N2CC(Nc3cc(N)ncn3)CC2=O)cc1. The van der Waals surface area contributed by atoms with Gasteiger partial charge in [-0.15, -0.1) is 0 Å². The number of aryl methyl sites for hydroxylation is 1. The standard InChI is InChI=1S/C15H17N5O/c1-10-2-4-12(5-3-10)20-8-11(6-15(20)21)19-14-7-13(16)17-9-18-14/h2-5,7,9,11H,6,8H2,1H3,(H3,16,17,18,19). The molecule has 1 amide bonds. The molecule has 108 valence electrons. The number of amides is 1. The van der Waals surface area contributed by atoms with E-state index in [0.29, 0.717) is 24.6 Å². The number of nitrogens with two attached hydrogens (primary N) is 1. The molecule has 3 N–H and O–H groups in total. The molecule has 1 atom stereocenters.